The third-order valence-corrected chi connectivity index (χ3v) is 7.30. The van der Waals surface area contributed by atoms with Crippen molar-refractivity contribution >= 4 is 39.1 Å². The number of benzene rings is 1. The lowest BCUT2D eigenvalue weighted by atomic mass is 9.98. The minimum absolute atomic E-state index is 0.0562. The number of hydrogen-bond donors (Lipinski definition) is 1. The molecule has 0 bridgehead atoms. The first-order chi connectivity index (χ1) is 15.3. The van der Waals surface area contributed by atoms with Gasteiger partial charge in [-0.05, 0) is 69.2 Å². The fourth-order valence-electron chi connectivity index (χ4n) is 4.09. The van der Waals surface area contributed by atoms with Crippen LogP contribution in [-0.4, -0.2) is 27.5 Å². The first-order valence-electron chi connectivity index (χ1n) is 10.9. The van der Waals surface area contributed by atoms with Crippen LogP contribution in [0, 0.1) is 20.8 Å². The van der Waals surface area contributed by atoms with Gasteiger partial charge in [-0.1, -0.05) is 18.6 Å². The van der Waals surface area contributed by atoms with E-state index < -0.39 is 5.97 Å². The van der Waals surface area contributed by atoms with E-state index in [-0.39, 0.29) is 24.1 Å². The molecule has 1 saturated carbocycles. The number of carbonyl (C=O) groups excluding carboxylic acids is 2. The highest BCUT2D eigenvalue weighted by atomic mass is 32.1. The summed E-state index contributed by atoms with van der Waals surface area (Å²) in [6.07, 6.45) is 6.39. The van der Waals surface area contributed by atoms with Gasteiger partial charge < -0.3 is 10.1 Å². The van der Waals surface area contributed by atoms with Crippen LogP contribution in [0.4, 0.5) is 5.69 Å². The number of fused-ring (bicyclic) bond motifs is 1. The molecule has 1 aliphatic carbocycles. The number of hydrogen-bond acceptors (Lipinski definition) is 6. The van der Waals surface area contributed by atoms with Crippen molar-refractivity contribution in [3.05, 3.63) is 56.4 Å². The van der Waals surface area contributed by atoms with Gasteiger partial charge in [0, 0.05) is 5.69 Å². The normalized spacial score (nSPS) is 14.5. The molecule has 0 unspecified atom stereocenters. The Kier molecular flexibility index (Phi) is 6.41. The van der Waals surface area contributed by atoms with Crippen molar-refractivity contribution in [3.8, 4) is 0 Å². The third-order valence-electron chi connectivity index (χ3n) is 6.12. The fraction of sp³-hybridized carbons (Fsp3) is 0.417. The summed E-state index contributed by atoms with van der Waals surface area (Å²) in [5.41, 5.74) is 3.00. The number of aryl methyl sites for hydroxylation is 2. The number of rotatable bonds is 5. The first-order valence-corrected chi connectivity index (χ1v) is 11.7. The van der Waals surface area contributed by atoms with E-state index in [9.17, 15) is 14.4 Å². The number of nitrogens with one attached hydrogen (secondary N) is 1. The average molecular weight is 454 g/mol. The monoisotopic (exact) mass is 453 g/mol. The third kappa shape index (κ3) is 4.46. The maximum absolute atomic E-state index is 13.1. The summed E-state index contributed by atoms with van der Waals surface area (Å²) >= 11 is 1.17. The first kappa shape index (κ1) is 22.2. The second kappa shape index (κ2) is 9.24. The zero-order chi connectivity index (χ0) is 22.8. The highest BCUT2D eigenvalue weighted by Crippen LogP contribution is 2.29. The Bertz CT molecular complexity index is 1240. The predicted molar refractivity (Wildman–Crippen MR) is 125 cm³/mol. The smallest absolute Gasteiger partial charge is 0.348 e. The van der Waals surface area contributed by atoms with Crippen molar-refractivity contribution in [1.29, 1.82) is 0 Å². The van der Waals surface area contributed by atoms with Gasteiger partial charge in [0.25, 0.3) is 5.56 Å². The Labute approximate surface area is 190 Å². The van der Waals surface area contributed by atoms with E-state index >= 15 is 0 Å². The molecule has 4 rings (SSSR count). The molecule has 0 aliphatic heterocycles. The van der Waals surface area contributed by atoms with Gasteiger partial charge in [0.1, 0.15) is 22.4 Å². The number of anilines is 1. The molecule has 1 amide bonds. The number of amides is 1. The van der Waals surface area contributed by atoms with Crippen molar-refractivity contribution in [1.82, 2.24) is 9.55 Å². The number of aromatic nitrogens is 2. The van der Waals surface area contributed by atoms with Gasteiger partial charge in [-0.25, -0.2) is 9.78 Å². The molecule has 3 aromatic rings. The molecular weight excluding hydrogens is 426 g/mol. The van der Waals surface area contributed by atoms with E-state index in [1.165, 1.54) is 28.7 Å². The minimum atomic E-state index is -0.393. The molecule has 0 saturated heterocycles. The maximum atomic E-state index is 13.1. The topological polar surface area (TPSA) is 90.3 Å². The summed E-state index contributed by atoms with van der Waals surface area (Å²) in [5.74, 6) is -0.706. The van der Waals surface area contributed by atoms with Crippen LogP contribution in [0.5, 0.6) is 0 Å². The number of carbonyl (C=O) groups is 2. The number of nitrogens with zero attached hydrogens (tertiary/aromatic N) is 2. The molecule has 1 fully saturated rings. The fourth-order valence-corrected chi connectivity index (χ4v) is 5.11. The van der Waals surface area contributed by atoms with Gasteiger partial charge in [0.05, 0.1) is 11.7 Å². The molecule has 0 spiro atoms. The zero-order valence-corrected chi connectivity index (χ0v) is 19.4. The summed E-state index contributed by atoms with van der Waals surface area (Å²) in [6, 6.07) is 5.68. The van der Waals surface area contributed by atoms with Gasteiger partial charge >= 0.3 is 5.97 Å². The lowest BCUT2D eigenvalue weighted by molar-refractivity contribution is -0.116. The Morgan fingerprint density at radius 1 is 1.16 bits per heavy atom. The van der Waals surface area contributed by atoms with E-state index in [1.54, 1.807) is 6.92 Å². The van der Waals surface area contributed by atoms with Crippen molar-refractivity contribution in [2.45, 2.75) is 65.5 Å². The van der Waals surface area contributed by atoms with Crippen LogP contribution in [0.15, 0.2) is 29.3 Å². The molecule has 32 heavy (non-hydrogen) atoms. The van der Waals surface area contributed by atoms with Crippen LogP contribution in [0.25, 0.3) is 10.2 Å². The lowest BCUT2D eigenvalue weighted by Crippen LogP contribution is -2.28. The molecule has 2 heterocycles. The quantitative estimate of drug-likeness (QED) is 0.574. The van der Waals surface area contributed by atoms with E-state index in [0.29, 0.717) is 20.7 Å². The van der Waals surface area contributed by atoms with Crippen LogP contribution >= 0.6 is 11.3 Å². The Hall–Kier alpha value is -3.00. The van der Waals surface area contributed by atoms with Crippen LogP contribution in [0.1, 0.15) is 58.5 Å². The highest BCUT2D eigenvalue weighted by molar-refractivity contribution is 7.20. The van der Waals surface area contributed by atoms with Crippen LogP contribution < -0.4 is 10.9 Å². The molecular formula is C24H27N3O4S. The SMILES string of the molecule is Cc1cccc(NC(=O)Cn2cnc3sc(C(=O)OC4CCCCC4)c(C)c3c2=O)c1C. The van der Waals surface area contributed by atoms with E-state index in [4.69, 9.17) is 4.74 Å². The van der Waals surface area contributed by atoms with Crippen LogP contribution in [0.3, 0.4) is 0 Å². The van der Waals surface area contributed by atoms with Gasteiger partial charge in [-0.2, -0.15) is 0 Å². The summed E-state index contributed by atoms with van der Waals surface area (Å²) in [6.45, 7) is 5.49. The van der Waals surface area contributed by atoms with E-state index in [1.807, 2.05) is 32.0 Å². The van der Waals surface area contributed by atoms with Crippen molar-refractivity contribution in [2.75, 3.05) is 5.32 Å². The molecule has 8 heteroatoms. The van der Waals surface area contributed by atoms with Crippen molar-refractivity contribution in [2.24, 2.45) is 0 Å². The summed E-state index contributed by atoms with van der Waals surface area (Å²) < 4.78 is 6.96. The summed E-state index contributed by atoms with van der Waals surface area (Å²) in [5, 5.41) is 3.23. The van der Waals surface area contributed by atoms with E-state index in [0.717, 1.165) is 42.5 Å². The average Bonchev–Trinajstić information content (AvgIpc) is 3.11. The Morgan fingerprint density at radius 3 is 2.66 bits per heavy atom. The molecule has 2 aromatic heterocycles. The second-order valence-corrected chi connectivity index (χ2v) is 9.37. The van der Waals surface area contributed by atoms with Crippen molar-refractivity contribution < 1.29 is 14.3 Å². The van der Waals surface area contributed by atoms with Gasteiger partial charge in [0.2, 0.25) is 5.91 Å². The van der Waals surface area contributed by atoms with Gasteiger partial charge in [-0.15, -0.1) is 11.3 Å². The lowest BCUT2D eigenvalue weighted by Gasteiger charge is -2.21. The second-order valence-electron chi connectivity index (χ2n) is 8.37. The molecule has 1 N–H and O–H groups in total. The standard InChI is InChI=1S/C24H27N3O4S/c1-14-8-7-11-18(15(14)2)26-19(28)12-27-13-25-22-20(23(27)29)16(3)21(32-22)24(30)31-17-9-5-4-6-10-17/h7-8,11,13,17H,4-6,9-10,12H2,1-3H3,(H,26,28). The Balaban J connectivity index is 1.55. The van der Waals surface area contributed by atoms with Gasteiger partial charge in [0.15, 0.2) is 0 Å². The largest absolute Gasteiger partial charge is 0.458 e. The predicted octanol–water partition coefficient (Wildman–Crippen LogP) is 4.51. The molecule has 1 aliphatic rings. The van der Waals surface area contributed by atoms with Crippen LogP contribution in [0.2, 0.25) is 0 Å². The van der Waals surface area contributed by atoms with Crippen LogP contribution in [-0.2, 0) is 16.1 Å². The molecule has 0 atom stereocenters. The summed E-state index contributed by atoms with van der Waals surface area (Å²) in [4.78, 5) is 43.6. The zero-order valence-electron chi connectivity index (χ0n) is 18.6. The molecule has 168 valence electrons. The number of thiophene rings is 1. The molecule has 0 radical (unpaired) electrons. The minimum Gasteiger partial charge on any atom is -0.458 e. The summed E-state index contributed by atoms with van der Waals surface area (Å²) in [7, 11) is 0. The maximum Gasteiger partial charge on any atom is 0.348 e. The Morgan fingerprint density at radius 2 is 1.91 bits per heavy atom. The molecule has 1 aromatic carbocycles. The number of ether oxygens (including phenoxy) is 1. The van der Waals surface area contributed by atoms with Crippen molar-refractivity contribution in [3.63, 3.8) is 0 Å². The van der Waals surface area contributed by atoms with Gasteiger partial charge in [-0.3, -0.25) is 14.2 Å². The molecule has 7 nitrogen and oxygen atoms in total. The number of esters is 1. The highest BCUT2D eigenvalue weighted by Gasteiger charge is 2.24. The van der Waals surface area contributed by atoms with E-state index in [2.05, 4.69) is 10.3 Å².